The zero-order chi connectivity index (χ0) is 13.0. The SMILES string of the molecule is CCCn1nccc1C(=O)Cc1cccc(N)c1. The maximum Gasteiger partial charge on any atom is 0.185 e. The number of nitrogens with zero attached hydrogens (tertiary/aromatic N) is 2. The molecule has 0 aliphatic heterocycles. The molecule has 0 atom stereocenters. The van der Waals surface area contributed by atoms with E-state index in [9.17, 15) is 4.79 Å². The number of carbonyl (C=O) groups excluding carboxylic acids is 1. The average molecular weight is 243 g/mol. The third kappa shape index (κ3) is 2.77. The molecular weight excluding hydrogens is 226 g/mol. The topological polar surface area (TPSA) is 60.9 Å². The van der Waals surface area contributed by atoms with E-state index in [0.717, 1.165) is 18.5 Å². The number of nitrogens with two attached hydrogens (primary N) is 1. The molecule has 4 heteroatoms. The van der Waals surface area contributed by atoms with E-state index >= 15 is 0 Å². The second-order valence-electron chi connectivity index (χ2n) is 4.28. The molecule has 1 aromatic heterocycles. The van der Waals surface area contributed by atoms with Gasteiger partial charge in [0, 0.05) is 24.8 Å². The first-order chi connectivity index (χ1) is 8.70. The Balaban J connectivity index is 2.14. The van der Waals surface area contributed by atoms with Gasteiger partial charge in [-0.2, -0.15) is 5.10 Å². The highest BCUT2D eigenvalue weighted by molar-refractivity contribution is 5.96. The van der Waals surface area contributed by atoms with E-state index in [1.165, 1.54) is 0 Å². The van der Waals surface area contributed by atoms with E-state index in [4.69, 9.17) is 5.73 Å². The van der Waals surface area contributed by atoms with Crippen molar-refractivity contribution in [3.63, 3.8) is 0 Å². The van der Waals surface area contributed by atoms with Gasteiger partial charge in [-0.1, -0.05) is 19.1 Å². The molecule has 2 aromatic rings. The Kier molecular flexibility index (Phi) is 3.77. The van der Waals surface area contributed by atoms with Crippen LogP contribution in [0.1, 0.15) is 29.4 Å². The number of nitrogen functional groups attached to an aromatic ring is 1. The van der Waals surface area contributed by atoms with Crippen LogP contribution < -0.4 is 5.73 Å². The van der Waals surface area contributed by atoms with Crippen LogP contribution in [0, 0.1) is 0 Å². The van der Waals surface area contributed by atoms with Crippen LogP contribution in [0.25, 0.3) is 0 Å². The lowest BCUT2D eigenvalue weighted by atomic mass is 10.1. The molecular formula is C14H17N3O. The molecule has 0 saturated heterocycles. The molecule has 0 bridgehead atoms. The zero-order valence-corrected chi connectivity index (χ0v) is 10.5. The number of hydrogen-bond donors (Lipinski definition) is 1. The molecule has 0 fully saturated rings. The first kappa shape index (κ1) is 12.4. The number of aryl methyl sites for hydroxylation is 1. The Morgan fingerprint density at radius 3 is 2.94 bits per heavy atom. The second-order valence-corrected chi connectivity index (χ2v) is 4.28. The van der Waals surface area contributed by atoms with Crippen molar-refractivity contribution >= 4 is 11.5 Å². The van der Waals surface area contributed by atoms with E-state index in [1.807, 2.05) is 24.3 Å². The molecule has 2 N–H and O–H groups in total. The molecule has 0 amide bonds. The van der Waals surface area contributed by atoms with Gasteiger partial charge in [0.1, 0.15) is 5.69 Å². The summed E-state index contributed by atoms with van der Waals surface area (Å²) in [4.78, 5) is 12.2. The number of rotatable bonds is 5. The minimum atomic E-state index is 0.0755. The minimum Gasteiger partial charge on any atom is -0.399 e. The Morgan fingerprint density at radius 1 is 1.39 bits per heavy atom. The summed E-state index contributed by atoms with van der Waals surface area (Å²) in [6.45, 7) is 2.83. The van der Waals surface area contributed by atoms with Crippen molar-refractivity contribution in [3.05, 3.63) is 47.8 Å². The van der Waals surface area contributed by atoms with Crippen molar-refractivity contribution < 1.29 is 4.79 Å². The molecule has 2 rings (SSSR count). The standard InChI is InChI=1S/C14H17N3O/c1-2-8-17-13(6-7-16-17)14(18)10-11-4-3-5-12(15)9-11/h3-7,9H,2,8,10,15H2,1H3. The lowest BCUT2D eigenvalue weighted by Gasteiger charge is -2.05. The fourth-order valence-electron chi connectivity index (χ4n) is 1.94. The molecule has 0 unspecified atom stereocenters. The Bertz CT molecular complexity index is 545. The highest BCUT2D eigenvalue weighted by Gasteiger charge is 2.12. The summed E-state index contributed by atoms with van der Waals surface area (Å²) < 4.78 is 1.76. The first-order valence-corrected chi connectivity index (χ1v) is 6.10. The van der Waals surface area contributed by atoms with Crippen LogP contribution in [0.4, 0.5) is 5.69 Å². The largest absolute Gasteiger partial charge is 0.399 e. The van der Waals surface area contributed by atoms with Gasteiger partial charge in [0.2, 0.25) is 0 Å². The summed E-state index contributed by atoms with van der Waals surface area (Å²) in [5.41, 5.74) is 7.98. The highest BCUT2D eigenvalue weighted by Crippen LogP contribution is 2.11. The number of benzene rings is 1. The molecule has 0 spiro atoms. The second kappa shape index (κ2) is 5.49. The van der Waals surface area contributed by atoms with E-state index in [2.05, 4.69) is 12.0 Å². The van der Waals surface area contributed by atoms with Gasteiger partial charge in [-0.25, -0.2) is 0 Å². The van der Waals surface area contributed by atoms with Gasteiger partial charge < -0.3 is 5.73 Å². The minimum absolute atomic E-state index is 0.0755. The summed E-state index contributed by atoms with van der Waals surface area (Å²) in [7, 11) is 0. The summed E-state index contributed by atoms with van der Waals surface area (Å²) in [6, 6.07) is 9.19. The van der Waals surface area contributed by atoms with E-state index < -0.39 is 0 Å². The zero-order valence-electron chi connectivity index (χ0n) is 10.5. The van der Waals surface area contributed by atoms with Crippen molar-refractivity contribution in [2.75, 3.05) is 5.73 Å². The van der Waals surface area contributed by atoms with Gasteiger partial charge in [-0.05, 0) is 30.2 Å². The van der Waals surface area contributed by atoms with Crippen LogP contribution in [-0.4, -0.2) is 15.6 Å². The molecule has 0 radical (unpaired) electrons. The van der Waals surface area contributed by atoms with E-state index in [-0.39, 0.29) is 5.78 Å². The smallest absolute Gasteiger partial charge is 0.185 e. The third-order valence-electron chi connectivity index (χ3n) is 2.75. The summed E-state index contributed by atoms with van der Waals surface area (Å²) in [6.07, 6.45) is 2.99. The number of hydrogen-bond acceptors (Lipinski definition) is 3. The molecule has 18 heavy (non-hydrogen) atoms. The van der Waals surface area contributed by atoms with Gasteiger partial charge in [0.15, 0.2) is 5.78 Å². The number of aromatic nitrogens is 2. The van der Waals surface area contributed by atoms with Crippen LogP contribution in [0.2, 0.25) is 0 Å². The van der Waals surface area contributed by atoms with Crippen LogP contribution in [0.5, 0.6) is 0 Å². The molecule has 0 aliphatic carbocycles. The van der Waals surface area contributed by atoms with Gasteiger partial charge in [-0.3, -0.25) is 9.48 Å². The van der Waals surface area contributed by atoms with Crippen molar-refractivity contribution in [2.24, 2.45) is 0 Å². The predicted octanol–water partition coefficient (Wildman–Crippen LogP) is 2.30. The van der Waals surface area contributed by atoms with Crippen LogP contribution in [0.15, 0.2) is 36.5 Å². The molecule has 0 aliphatic rings. The third-order valence-corrected chi connectivity index (χ3v) is 2.75. The molecule has 0 saturated carbocycles. The maximum atomic E-state index is 12.2. The summed E-state index contributed by atoms with van der Waals surface area (Å²) >= 11 is 0. The Hall–Kier alpha value is -2.10. The highest BCUT2D eigenvalue weighted by atomic mass is 16.1. The van der Waals surface area contributed by atoms with Crippen molar-refractivity contribution in [3.8, 4) is 0 Å². The van der Waals surface area contributed by atoms with Crippen molar-refractivity contribution in [1.29, 1.82) is 0 Å². The lowest BCUT2D eigenvalue weighted by molar-refractivity contribution is 0.0982. The van der Waals surface area contributed by atoms with Crippen molar-refractivity contribution in [1.82, 2.24) is 9.78 Å². The Labute approximate surface area is 106 Å². The monoisotopic (exact) mass is 243 g/mol. The quantitative estimate of drug-likeness (QED) is 0.647. The van der Waals surface area contributed by atoms with Gasteiger partial charge in [0.05, 0.1) is 0 Å². The van der Waals surface area contributed by atoms with Crippen LogP contribution >= 0.6 is 0 Å². The van der Waals surface area contributed by atoms with Crippen LogP contribution in [-0.2, 0) is 13.0 Å². The molecule has 1 heterocycles. The van der Waals surface area contributed by atoms with Crippen molar-refractivity contribution in [2.45, 2.75) is 26.3 Å². The van der Waals surface area contributed by atoms with E-state index in [1.54, 1.807) is 16.9 Å². The first-order valence-electron chi connectivity index (χ1n) is 6.10. The molecule has 1 aromatic carbocycles. The molecule has 4 nitrogen and oxygen atoms in total. The fraction of sp³-hybridized carbons (Fsp3) is 0.286. The van der Waals surface area contributed by atoms with Gasteiger partial charge >= 0.3 is 0 Å². The normalized spacial score (nSPS) is 10.5. The maximum absolute atomic E-state index is 12.2. The van der Waals surface area contributed by atoms with Gasteiger partial charge in [0.25, 0.3) is 0 Å². The average Bonchev–Trinajstić information content (AvgIpc) is 2.78. The number of ketones is 1. The summed E-state index contributed by atoms with van der Waals surface area (Å²) in [5.74, 6) is 0.0755. The predicted molar refractivity (Wildman–Crippen MR) is 71.4 cm³/mol. The lowest BCUT2D eigenvalue weighted by Crippen LogP contribution is -2.12. The number of Topliss-reactive ketones (excluding diaryl/α,β-unsaturated/α-hetero) is 1. The Morgan fingerprint density at radius 2 is 2.22 bits per heavy atom. The fourth-order valence-corrected chi connectivity index (χ4v) is 1.94. The number of carbonyl (C=O) groups is 1. The molecule has 94 valence electrons. The number of anilines is 1. The van der Waals surface area contributed by atoms with E-state index in [0.29, 0.717) is 17.8 Å². The summed E-state index contributed by atoms with van der Waals surface area (Å²) in [5, 5.41) is 4.16. The van der Waals surface area contributed by atoms with Gasteiger partial charge in [-0.15, -0.1) is 0 Å². The van der Waals surface area contributed by atoms with Crippen LogP contribution in [0.3, 0.4) is 0 Å².